The highest BCUT2D eigenvalue weighted by Crippen LogP contribution is 2.40. The summed E-state index contributed by atoms with van der Waals surface area (Å²) in [4.78, 5) is 21.1. The minimum absolute atomic E-state index is 0.141. The molecule has 3 aliphatic heterocycles. The van der Waals surface area contributed by atoms with Gasteiger partial charge in [-0.05, 0) is 25.1 Å². The second-order valence-corrected chi connectivity index (χ2v) is 7.22. The first-order valence-corrected chi connectivity index (χ1v) is 9.27. The molecule has 0 bridgehead atoms. The van der Waals surface area contributed by atoms with Gasteiger partial charge >= 0.3 is 5.97 Å². The van der Waals surface area contributed by atoms with Crippen molar-refractivity contribution in [2.45, 2.75) is 25.4 Å². The minimum atomic E-state index is -0.143. The number of amidine groups is 1. The normalized spacial score (nSPS) is 21.4. The Morgan fingerprint density at radius 2 is 2.16 bits per heavy atom. The quantitative estimate of drug-likeness (QED) is 0.835. The Morgan fingerprint density at radius 3 is 2.92 bits per heavy atom. The molecule has 1 saturated heterocycles. The Balaban J connectivity index is 1.53. The van der Waals surface area contributed by atoms with Gasteiger partial charge in [0.25, 0.3) is 0 Å². The van der Waals surface area contributed by atoms with Gasteiger partial charge in [0.2, 0.25) is 0 Å². The summed E-state index contributed by atoms with van der Waals surface area (Å²) >= 11 is 6.20. The molecule has 0 atom stereocenters. The molecule has 0 radical (unpaired) electrons. The number of aliphatic imine (C=N–C) groups is 1. The number of hydrogen-bond acceptors (Lipinski definition) is 6. The number of likely N-dealkylation sites (tertiary alicyclic amines) is 1. The van der Waals surface area contributed by atoms with Crippen LogP contribution in [0, 0.1) is 0 Å². The van der Waals surface area contributed by atoms with E-state index >= 15 is 0 Å². The molecule has 3 heterocycles. The third kappa shape index (κ3) is 2.98. The van der Waals surface area contributed by atoms with Crippen LogP contribution in [0.2, 0.25) is 5.02 Å². The van der Waals surface area contributed by atoms with Crippen LogP contribution in [0.4, 0.5) is 5.69 Å². The van der Waals surface area contributed by atoms with E-state index in [2.05, 4.69) is 15.1 Å². The molecule has 4 rings (SSSR count). The summed E-state index contributed by atoms with van der Waals surface area (Å²) in [5.74, 6) is 0.930. The topological polar surface area (TPSA) is 57.2 Å². The van der Waals surface area contributed by atoms with E-state index in [0.717, 1.165) is 61.1 Å². The number of carbonyl (C=O) groups excluding carboxylic acids is 1. The highest BCUT2D eigenvalue weighted by Gasteiger charge is 2.46. The molecule has 0 amide bonds. The van der Waals surface area contributed by atoms with Crippen molar-refractivity contribution in [3.05, 3.63) is 28.8 Å². The van der Waals surface area contributed by atoms with Crippen LogP contribution >= 0.6 is 11.6 Å². The first kappa shape index (κ1) is 16.7. The fourth-order valence-electron chi connectivity index (χ4n) is 4.09. The van der Waals surface area contributed by atoms with E-state index in [9.17, 15) is 4.79 Å². The van der Waals surface area contributed by atoms with E-state index in [1.54, 1.807) is 0 Å². The van der Waals surface area contributed by atoms with Crippen molar-refractivity contribution in [3.63, 3.8) is 0 Å². The summed E-state index contributed by atoms with van der Waals surface area (Å²) < 4.78 is 5.07. The van der Waals surface area contributed by atoms with Gasteiger partial charge in [0.05, 0.1) is 19.7 Å². The fourth-order valence-corrected chi connectivity index (χ4v) is 4.26. The zero-order valence-corrected chi connectivity index (χ0v) is 15.2. The van der Waals surface area contributed by atoms with Crippen LogP contribution in [0.15, 0.2) is 23.2 Å². The van der Waals surface area contributed by atoms with Gasteiger partial charge < -0.3 is 15.0 Å². The maximum absolute atomic E-state index is 11.7. The van der Waals surface area contributed by atoms with Crippen LogP contribution in [-0.4, -0.2) is 66.6 Å². The van der Waals surface area contributed by atoms with E-state index in [-0.39, 0.29) is 11.6 Å². The van der Waals surface area contributed by atoms with Gasteiger partial charge in [0.15, 0.2) is 0 Å². The molecule has 0 aliphatic carbocycles. The summed E-state index contributed by atoms with van der Waals surface area (Å²) in [6.07, 6.45) is 1.86. The number of halogens is 1. The van der Waals surface area contributed by atoms with Crippen LogP contribution in [0.3, 0.4) is 0 Å². The number of esters is 1. The lowest BCUT2D eigenvalue weighted by atomic mass is 9.90. The summed E-state index contributed by atoms with van der Waals surface area (Å²) in [5.41, 5.74) is 2.04. The number of nitrogens with zero attached hydrogens (tertiary/aromatic N) is 3. The van der Waals surface area contributed by atoms with Crippen molar-refractivity contribution in [1.82, 2.24) is 9.80 Å². The summed E-state index contributed by atoms with van der Waals surface area (Å²) in [6, 6.07) is 5.95. The van der Waals surface area contributed by atoms with E-state index in [4.69, 9.17) is 21.3 Å². The van der Waals surface area contributed by atoms with Gasteiger partial charge in [-0.15, -0.1) is 0 Å². The number of anilines is 1. The number of piperidine rings is 1. The molecule has 3 aliphatic rings. The molecule has 1 fully saturated rings. The lowest BCUT2D eigenvalue weighted by Gasteiger charge is -2.52. The number of ether oxygens (including phenoxy) is 1. The summed E-state index contributed by atoms with van der Waals surface area (Å²) in [6.45, 7) is 6.11. The molecule has 134 valence electrons. The lowest BCUT2D eigenvalue weighted by molar-refractivity contribution is -0.145. The first-order chi connectivity index (χ1) is 12.1. The van der Waals surface area contributed by atoms with E-state index in [1.807, 2.05) is 25.1 Å². The molecule has 0 saturated carbocycles. The summed E-state index contributed by atoms with van der Waals surface area (Å²) in [7, 11) is 0. The molecule has 0 aromatic heterocycles. The standard InChI is InChI=1S/C18H23ClN4O2/c1-2-25-16(24)12-22-8-5-18(6-9-22)21-15-11-13(19)3-4-14(15)17-20-7-10-23(17)18/h3-4,11,21H,2,5-10,12H2,1H3. The molecule has 25 heavy (non-hydrogen) atoms. The van der Waals surface area contributed by atoms with Gasteiger partial charge in [-0.1, -0.05) is 11.6 Å². The van der Waals surface area contributed by atoms with Crippen molar-refractivity contribution < 1.29 is 9.53 Å². The van der Waals surface area contributed by atoms with E-state index in [0.29, 0.717) is 13.2 Å². The second-order valence-electron chi connectivity index (χ2n) is 6.78. The van der Waals surface area contributed by atoms with Crippen LogP contribution in [-0.2, 0) is 9.53 Å². The fraction of sp³-hybridized carbons (Fsp3) is 0.556. The van der Waals surface area contributed by atoms with Gasteiger partial charge in [0, 0.05) is 48.7 Å². The molecular weight excluding hydrogens is 340 g/mol. The minimum Gasteiger partial charge on any atom is -0.465 e. The second kappa shape index (κ2) is 6.50. The first-order valence-electron chi connectivity index (χ1n) is 8.89. The SMILES string of the molecule is CCOC(=O)CN1CCC2(CC1)Nc1cc(Cl)ccc1C1=NCCN12. The average molecular weight is 363 g/mol. The van der Waals surface area contributed by atoms with Crippen molar-refractivity contribution in [1.29, 1.82) is 0 Å². The number of fused-ring (bicyclic) bond motifs is 4. The average Bonchev–Trinajstić information content (AvgIpc) is 3.08. The Labute approximate surface area is 152 Å². The van der Waals surface area contributed by atoms with Crippen molar-refractivity contribution in [2.24, 2.45) is 4.99 Å². The Morgan fingerprint density at radius 1 is 1.36 bits per heavy atom. The molecule has 0 unspecified atom stereocenters. The predicted molar refractivity (Wildman–Crippen MR) is 98.2 cm³/mol. The predicted octanol–water partition coefficient (Wildman–Crippen LogP) is 2.18. The van der Waals surface area contributed by atoms with E-state index in [1.165, 1.54) is 0 Å². The number of carbonyl (C=O) groups is 1. The monoisotopic (exact) mass is 362 g/mol. The lowest BCUT2D eigenvalue weighted by Crippen LogP contribution is -2.63. The molecule has 6 nitrogen and oxygen atoms in total. The van der Waals surface area contributed by atoms with Gasteiger partial charge in [0.1, 0.15) is 11.5 Å². The highest BCUT2D eigenvalue weighted by molar-refractivity contribution is 6.31. The molecule has 1 N–H and O–H groups in total. The number of benzene rings is 1. The van der Waals surface area contributed by atoms with Gasteiger partial charge in [-0.25, -0.2) is 0 Å². The molecule has 1 spiro atoms. The molecular formula is C18H23ClN4O2. The van der Waals surface area contributed by atoms with Crippen LogP contribution in [0.5, 0.6) is 0 Å². The van der Waals surface area contributed by atoms with Crippen LogP contribution in [0.1, 0.15) is 25.3 Å². The number of rotatable bonds is 3. The third-order valence-electron chi connectivity index (χ3n) is 5.29. The van der Waals surface area contributed by atoms with Crippen molar-refractivity contribution in [3.8, 4) is 0 Å². The Hall–Kier alpha value is -1.79. The number of nitrogens with one attached hydrogen (secondary N) is 1. The van der Waals surface area contributed by atoms with E-state index < -0.39 is 0 Å². The van der Waals surface area contributed by atoms with Crippen LogP contribution in [0.25, 0.3) is 0 Å². The molecule has 1 aromatic carbocycles. The largest absolute Gasteiger partial charge is 0.465 e. The Bertz CT molecular complexity index is 713. The van der Waals surface area contributed by atoms with Crippen LogP contribution < -0.4 is 5.32 Å². The molecule has 1 aromatic rings. The zero-order chi connectivity index (χ0) is 17.4. The molecule has 7 heteroatoms. The van der Waals surface area contributed by atoms with Gasteiger partial charge in [-0.3, -0.25) is 14.7 Å². The Kier molecular flexibility index (Phi) is 4.33. The smallest absolute Gasteiger partial charge is 0.320 e. The maximum Gasteiger partial charge on any atom is 0.320 e. The van der Waals surface area contributed by atoms with Gasteiger partial charge in [-0.2, -0.15) is 0 Å². The third-order valence-corrected chi connectivity index (χ3v) is 5.52. The van der Waals surface area contributed by atoms with Crippen molar-refractivity contribution >= 4 is 29.1 Å². The number of hydrogen-bond donors (Lipinski definition) is 1. The van der Waals surface area contributed by atoms with Crippen molar-refractivity contribution in [2.75, 3.05) is 44.6 Å². The summed E-state index contributed by atoms with van der Waals surface area (Å²) in [5, 5.41) is 4.47. The zero-order valence-electron chi connectivity index (χ0n) is 14.4. The highest BCUT2D eigenvalue weighted by atomic mass is 35.5. The maximum atomic E-state index is 11.7.